The summed E-state index contributed by atoms with van der Waals surface area (Å²) < 4.78 is 25.3. The van der Waals surface area contributed by atoms with E-state index >= 15 is 0 Å². The Balaban J connectivity index is 1.39. The number of ketones is 1. The van der Waals surface area contributed by atoms with E-state index < -0.39 is 0 Å². The number of halogens is 1. The fraction of sp³-hybridized carbons (Fsp3) is 0.320. The van der Waals surface area contributed by atoms with Crippen LogP contribution in [0, 0.1) is 30.0 Å². The molecule has 0 radical (unpaired) electrons. The highest BCUT2D eigenvalue weighted by atomic mass is 19.1. The van der Waals surface area contributed by atoms with Crippen molar-refractivity contribution >= 4 is 22.4 Å². The van der Waals surface area contributed by atoms with Gasteiger partial charge in [0.15, 0.2) is 17.3 Å². The third-order valence-corrected chi connectivity index (χ3v) is 6.23. The Labute approximate surface area is 185 Å². The molecule has 0 amide bonds. The molecule has 32 heavy (non-hydrogen) atoms. The molecule has 0 spiro atoms. The normalized spacial score (nSPS) is 16.1. The molecule has 7 heteroatoms. The Hall–Kier alpha value is -3.66. The molecular weight excluding hydrogens is 409 g/mol. The first-order valence-electron chi connectivity index (χ1n) is 10.7. The van der Waals surface area contributed by atoms with Crippen molar-refractivity contribution in [2.75, 3.05) is 31.2 Å². The first-order valence-corrected chi connectivity index (χ1v) is 10.7. The average molecular weight is 431 g/mol. The summed E-state index contributed by atoms with van der Waals surface area (Å²) in [5.74, 6) is 0.893. The lowest BCUT2D eigenvalue weighted by atomic mass is 9.88. The van der Waals surface area contributed by atoms with Crippen molar-refractivity contribution in [3.05, 3.63) is 59.0 Å². The highest BCUT2D eigenvalue weighted by molar-refractivity contribution is 5.99. The van der Waals surface area contributed by atoms with Gasteiger partial charge in [0.2, 0.25) is 0 Å². The van der Waals surface area contributed by atoms with Gasteiger partial charge in [0.1, 0.15) is 25.1 Å². The number of nitriles is 1. The van der Waals surface area contributed by atoms with Crippen LogP contribution in [0.3, 0.4) is 0 Å². The van der Waals surface area contributed by atoms with Gasteiger partial charge in [-0.15, -0.1) is 0 Å². The minimum Gasteiger partial charge on any atom is -0.486 e. The van der Waals surface area contributed by atoms with Crippen molar-refractivity contribution in [3.63, 3.8) is 0 Å². The SMILES string of the molecule is Cc1cc(F)cc2c(N3CCC(C(=O)c4ccc5c(c4)OCCO5)CC3)c(C#N)cnc12. The maximum Gasteiger partial charge on any atom is 0.166 e. The number of anilines is 1. The van der Waals surface area contributed by atoms with E-state index in [4.69, 9.17) is 9.47 Å². The number of benzene rings is 2. The van der Waals surface area contributed by atoms with Gasteiger partial charge in [0, 0.05) is 36.2 Å². The molecule has 1 saturated heterocycles. The summed E-state index contributed by atoms with van der Waals surface area (Å²) in [6, 6.07) is 10.4. The molecule has 1 fully saturated rings. The zero-order chi connectivity index (χ0) is 22.2. The van der Waals surface area contributed by atoms with E-state index in [9.17, 15) is 14.4 Å². The topological polar surface area (TPSA) is 75.5 Å². The standard InChI is InChI=1S/C25H22FN3O3/c1-15-10-19(26)12-20-23(15)28-14-18(13-27)24(20)29-6-4-16(5-7-29)25(30)17-2-3-21-22(11-17)32-9-8-31-21/h2-3,10-12,14,16H,4-9H2,1H3. The summed E-state index contributed by atoms with van der Waals surface area (Å²) in [5, 5.41) is 10.3. The van der Waals surface area contributed by atoms with Gasteiger partial charge in [-0.3, -0.25) is 9.78 Å². The Bertz CT molecular complexity index is 1260. The lowest BCUT2D eigenvalue weighted by Gasteiger charge is -2.34. The molecule has 162 valence electrons. The minimum atomic E-state index is -0.350. The van der Waals surface area contributed by atoms with Gasteiger partial charge in [0.05, 0.1) is 16.8 Å². The molecule has 3 heterocycles. The van der Waals surface area contributed by atoms with Crippen molar-refractivity contribution in [2.45, 2.75) is 19.8 Å². The van der Waals surface area contributed by atoms with E-state index in [0.717, 1.165) is 5.56 Å². The molecule has 3 aromatic rings. The molecule has 2 aliphatic heterocycles. The van der Waals surface area contributed by atoms with Gasteiger partial charge >= 0.3 is 0 Å². The quantitative estimate of drug-likeness (QED) is 0.572. The van der Waals surface area contributed by atoms with Crippen LogP contribution in [-0.4, -0.2) is 37.1 Å². The fourth-order valence-corrected chi connectivity index (χ4v) is 4.64. The van der Waals surface area contributed by atoms with Gasteiger partial charge in [-0.05, 0) is 55.7 Å². The maximum atomic E-state index is 14.2. The van der Waals surface area contributed by atoms with Crippen LogP contribution in [0.2, 0.25) is 0 Å². The van der Waals surface area contributed by atoms with E-state index in [1.165, 1.54) is 12.1 Å². The number of pyridine rings is 1. The molecule has 1 aromatic heterocycles. The van der Waals surface area contributed by atoms with Crippen LogP contribution in [-0.2, 0) is 0 Å². The molecule has 0 aliphatic carbocycles. The number of aryl methyl sites for hydroxylation is 1. The predicted octanol–water partition coefficient (Wildman–Crippen LogP) is 4.42. The van der Waals surface area contributed by atoms with Crippen LogP contribution < -0.4 is 14.4 Å². The monoisotopic (exact) mass is 431 g/mol. The predicted molar refractivity (Wildman–Crippen MR) is 118 cm³/mol. The van der Waals surface area contributed by atoms with Crippen molar-refractivity contribution < 1.29 is 18.7 Å². The first-order chi connectivity index (χ1) is 15.5. The number of rotatable bonds is 3. The van der Waals surface area contributed by atoms with E-state index in [1.807, 2.05) is 6.92 Å². The molecule has 6 nitrogen and oxygen atoms in total. The number of carbonyl (C=O) groups excluding carboxylic acids is 1. The van der Waals surface area contributed by atoms with Crippen molar-refractivity contribution in [3.8, 4) is 17.6 Å². The number of hydrogen-bond acceptors (Lipinski definition) is 6. The lowest BCUT2D eigenvalue weighted by molar-refractivity contribution is 0.0899. The van der Waals surface area contributed by atoms with Crippen LogP contribution in [0.1, 0.15) is 34.3 Å². The van der Waals surface area contributed by atoms with Crippen molar-refractivity contribution in [1.29, 1.82) is 5.26 Å². The number of Topliss-reactive ketones (excluding diaryl/α,β-unsaturated/α-hetero) is 1. The fourth-order valence-electron chi connectivity index (χ4n) is 4.64. The Morgan fingerprint density at radius 2 is 1.91 bits per heavy atom. The number of piperidine rings is 1. The number of ether oxygens (including phenoxy) is 2. The summed E-state index contributed by atoms with van der Waals surface area (Å²) in [5.41, 5.74) is 3.16. The average Bonchev–Trinajstić information content (AvgIpc) is 2.82. The smallest absolute Gasteiger partial charge is 0.166 e. The van der Waals surface area contributed by atoms with Crippen LogP contribution >= 0.6 is 0 Å². The molecule has 2 aromatic carbocycles. The zero-order valence-corrected chi connectivity index (χ0v) is 17.7. The Kier molecular flexibility index (Phi) is 5.14. The summed E-state index contributed by atoms with van der Waals surface area (Å²) >= 11 is 0. The molecule has 0 N–H and O–H groups in total. The van der Waals surface area contributed by atoms with E-state index in [1.54, 1.807) is 24.4 Å². The van der Waals surface area contributed by atoms with Gasteiger partial charge in [-0.1, -0.05) is 0 Å². The zero-order valence-electron chi connectivity index (χ0n) is 17.7. The second-order valence-electron chi connectivity index (χ2n) is 8.24. The third kappa shape index (κ3) is 3.52. The van der Waals surface area contributed by atoms with Crippen LogP contribution in [0.25, 0.3) is 10.9 Å². The van der Waals surface area contributed by atoms with Gasteiger partial charge in [-0.25, -0.2) is 4.39 Å². The van der Waals surface area contributed by atoms with Gasteiger partial charge in [0.25, 0.3) is 0 Å². The molecule has 0 bridgehead atoms. The molecule has 2 aliphatic rings. The Morgan fingerprint density at radius 1 is 1.16 bits per heavy atom. The first kappa shape index (κ1) is 20.3. The third-order valence-electron chi connectivity index (χ3n) is 6.23. The lowest BCUT2D eigenvalue weighted by Crippen LogP contribution is -2.37. The van der Waals surface area contributed by atoms with Crippen LogP contribution in [0.4, 0.5) is 10.1 Å². The van der Waals surface area contributed by atoms with E-state index in [-0.39, 0.29) is 17.5 Å². The molecule has 0 saturated carbocycles. The van der Waals surface area contributed by atoms with E-state index in [0.29, 0.717) is 78.4 Å². The second-order valence-corrected chi connectivity index (χ2v) is 8.24. The largest absolute Gasteiger partial charge is 0.486 e. The second kappa shape index (κ2) is 8.12. The van der Waals surface area contributed by atoms with Crippen molar-refractivity contribution in [2.24, 2.45) is 5.92 Å². The number of aromatic nitrogens is 1. The van der Waals surface area contributed by atoms with Crippen molar-refractivity contribution in [1.82, 2.24) is 4.98 Å². The minimum absolute atomic E-state index is 0.0867. The molecule has 0 atom stereocenters. The number of carbonyl (C=O) groups is 1. The number of fused-ring (bicyclic) bond motifs is 2. The summed E-state index contributed by atoms with van der Waals surface area (Å²) in [6.07, 6.45) is 2.85. The van der Waals surface area contributed by atoms with Crippen LogP contribution in [0.5, 0.6) is 11.5 Å². The number of hydrogen-bond donors (Lipinski definition) is 0. The molecule has 0 unspecified atom stereocenters. The summed E-state index contributed by atoms with van der Waals surface area (Å²) in [4.78, 5) is 19.6. The summed E-state index contributed by atoms with van der Waals surface area (Å²) in [7, 11) is 0. The maximum absolute atomic E-state index is 14.2. The number of nitrogens with zero attached hydrogens (tertiary/aromatic N) is 3. The highest BCUT2D eigenvalue weighted by Crippen LogP contribution is 2.36. The van der Waals surface area contributed by atoms with Gasteiger partial charge < -0.3 is 14.4 Å². The van der Waals surface area contributed by atoms with Crippen LogP contribution in [0.15, 0.2) is 36.5 Å². The van der Waals surface area contributed by atoms with E-state index in [2.05, 4.69) is 16.0 Å². The Morgan fingerprint density at radius 3 is 2.66 bits per heavy atom. The van der Waals surface area contributed by atoms with Gasteiger partial charge in [-0.2, -0.15) is 5.26 Å². The molecule has 5 rings (SSSR count). The highest BCUT2D eigenvalue weighted by Gasteiger charge is 2.29. The molecular formula is C25H22FN3O3. The summed E-state index contributed by atoms with van der Waals surface area (Å²) in [6.45, 7) is 4.00.